The summed E-state index contributed by atoms with van der Waals surface area (Å²) in [6, 6.07) is 17.3. The number of amides is 1. The van der Waals surface area contributed by atoms with Crippen molar-refractivity contribution in [3.05, 3.63) is 82.6 Å². The molecule has 0 aliphatic rings. The van der Waals surface area contributed by atoms with E-state index in [1.54, 1.807) is 0 Å². The molecule has 110 valence electrons. The first-order valence-electron chi connectivity index (χ1n) is 6.94. The summed E-state index contributed by atoms with van der Waals surface area (Å²) in [7, 11) is 0. The summed E-state index contributed by atoms with van der Waals surface area (Å²) >= 11 is 3.42. The molecule has 0 saturated carbocycles. The number of aryl methyl sites for hydroxylation is 1. The fourth-order valence-corrected chi connectivity index (χ4v) is 2.58. The van der Waals surface area contributed by atoms with Gasteiger partial charge in [0.05, 0.1) is 0 Å². The summed E-state index contributed by atoms with van der Waals surface area (Å²) in [6.45, 7) is 1.97. The smallest absolute Gasteiger partial charge is 0.255 e. The van der Waals surface area contributed by atoms with Crippen LogP contribution >= 0.6 is 15.9 Å². The van der Waals surface area contributed by atoms with Gasteiger partial charge in [-0.15, -0.1) is 0 Å². The molecular weight excluding hydrogens is 340 g/mol. The van der Waals surface area contributed by atoms with Crippen LogP contribution in [0.25, 0.3) is 5.69 Å². The number of aromatic nitrogens is 1. The minimum Gasteiger partial charge on any atom is -0.324 e. The molecule has 3 rings (SSSR count). The van der Waals surface area contributed by atoms with Crippen LogP contribution in [-0.4, -0.2) is 10.5 Å². The van der Waals surface area contributed by atoms with Gasteiger partial charge < -0.3 is 9.88 Å². The first-order valence-corrected chi connectivity index (χ1v) is 7.74. The summed E-state index contributed by atoms with van der Waals surface area (Å²) in [5.74, 6) is -0.111. The molecule has 1 heterocycles. The molecule has 0 aliphatic carbocycles. The van der Waals surface area contributed by atoms with E-state index >= 15 is 0 Å². The first kappa shape index (κ1) is 14.6. The molecule has 0 radical (unpaired) electrons. The fourth-order valence-electron chi connectivity index (χ4n) is 2.21. The molecule has 22 heavy (non-hydrogen) atoms. The quantitative estimate of drug-likeness (QED) is 0.719. The number of rotatable bonds is 3. The number of nitrogens with one attached hydrogen (secondary N) is 1. The predicted octanol–water partition coefficient (Wildman–Crippen LogP) is 4.80. The molecule has 3 aromatic rings. The molecule has 3 nitrogen and oxygen atoms in total. The van der Waals surface area contributed by atoms with E-state index in [-0.39, 0.29) is 5.91 Å². The normalized spacial score (nSPS) is 10.5. The highest BCUT2D eigenvalue weighted by Crippen LogP contribution is 2.21. The number of nitrogens with zero attached hydrogens (tertiary/aromatic N) is 1. The molecule has 0 bridgehead atoms. The lowest BCUT2D eigenvalue weighted by Gasteiger charge is -2.10. The Morgan fingerprint density at radius 2 is 1.73 bits per heavy atom. The minimum absolute atomic E-state index is 0.111. The van der Waals surface area contributed by atoms with Crippen LogP contribution in [0.5, 0.6) is 0 Å². The topological polar surface area (TPSA) is 34.0 Å². The Labute approximate surface area is 137 Å². The maximum Gasteiger partial charge on any atom is 0.255 e. The van der Waals surface area contributed by atoms with Gasteiger partial charge in [-0.2, -0.15) is 0 Å². The number of anilines is 1. The van der Waals surface area contributed by atoms with Crippen molar-refractivity contribution >= 4 is 27.5 Å². The third kappa shape index (κ3) is 3.12. The second-order valence-electron chi connectivity index (χ2n) is 5.05. The van der Waals surface area contributed by atoms with E-state index in [9.17, 15) is 4.79 Å². The molecule has 1 aromatic heterocycles. The van der Waals surface area contributed by atoms with Gasteiger partial charge in [0.25, 0.3) is 5.91 Å². The van der Waals surface area contributed by atoms with Gasteiger partial charge >= 0.3 is 0 Å². The molecule has 1 N–H and O–H groups in total. The number of benzene rings is 2. The second-order valence-corrected chi connectivity index (χ2v) is 5.97. The Balaban J connectivity index is 1.79. The van der Waals surface area contributed by atoms with Crippen molar-refractivity contribution in [3.8, 4) is 5.69 Å². The van der Waals surface area contributed by atoms with E-state index in [2.05, 4.69) is 21.2 Å². The number of hydrogen-bond donors (Lipinski definition) is 1. The van der Waals surface area contributed by atoms with Gasteiger partial charge in [-0.25, -0.2) is 0 Å². The molecule has 0 atom stereocenters. The molecular formula is C18H15BrN2O. The zero-order chi connectivity index (χ0) is 15.5. The van der Waals surface area contributed by atoms with Crippen LogP contribution in [0.15, 0.2) is 71.5 Å². The van der Waals surface area contributed by atoms with Crippen molar-refractivity contribution in [2.24, 2.45) is 0 Å². The number of halogens is 1. The first-order chi connectivity index (χ1) is 10.6. The lowest BCUT2D eigenvalue weighted by atomic mass is 10.1. The molecule has 0 unspecified atom stereocenters. The van der Waals surface area contributed by atoms with Crippen LogP contribution in [0, 0.1) is 6.92 Å². The summed E-state index contributed by atoms with van der Waals surface area (Å²) in [5.41, 5.74) is 3.50. The predicted molar refractivity (Wildman–Crippen MR) is 92.6 cm³/mol. The lowest BCUT2D eigenvalue weighted by molar-refractivity contribution is 0.102. The zero-order valence-electron chi connectivity index (χ0n) is 12.1. The largest absolute Gasteiger partial charge is 0.324 e. The third-order valence-electron chi connectivity index (χ3n) is 3.48. The van der Waals surface area contributed by atoms with Gasteiger partial charge in [-0.1, -0.05) is 22.0 Å². The van der Waals surface area contributed by atoms with Gasteiger partial charge in [0.2, 0.25) is 0 Å². The molecule has 2 aromatic carbocycles. The monoisotopic (exact) mass is 354 g/mol. The second kappa shape index (κ2) is 6.20. The van der Waals surface area contributed by atoms with Crippen molar-refractivity contribution in [1.29, 1.82) is 0 Å². The summed E-state index contributed by atoms with van der Waals surface area (Å²) in [6.07, 6.45) is 3.94. The Bertz CT molecular complexity index is 792. The van der Waals surface area contributed by atoms with Crippen LogP contribution in [0.4, 0.5) is 5.69 Å². The van der Waals surface area contributed by atoms with E-state index in [0.717, 1.165) is 21.4 Å². The van der Waals surface area contributed by atoms with E-state index in [1.165, 1.54) is 0 Å². The molecule has 0 saturated heterocycles. The van der Waals surface area contributed by atoms with Crippen molar-refractivity contribution in [3.63, 3.8) is 0 Å². The van der Waals surface area contributed by atoms with Gasteiger partial charge in [0.15, 0.2) is 0 Å². The van der Waals surface area contributed by atoms with Gasteiger partial charge in [0, 0.05) is 33.8 Å². The number of hydrogen-bond acceptors (Lipinski definition) is 1. The average molecular weight is 355 g/mol. The minimum atomic E-state index is -0.111. The van der Waals surface area contributed by atoms with Gasteiger partial charge in [-0.05, 0) is 61.0 Å². The molecule has 0 fully saturated rings. The highest BCUT2D eigenvalue weighted by atomic mass is 79.9. The van der Waals surface area contributed by atoms with Gasteiger partial charge in [-0.3, -0.25) is 4.79 Å². The molecule has 4 heteroatoms. The van der Waals surface area contributed by atoms with E-state index in [0.29, 0.717) is 5.56 Å². The average Bonchev–Trinajstić information content (AvgIpc) is 3.05. The van der Waals surface area contributed by atoms with Crippen molar-refractivity contribution in [2.75, 3.05) is 5.32 Å². The Morgan fingerprint density at radius 1 is 1.05 bits per heavy atom. The highest BCUT2D eigenvalue weighted by molar-refractivity contribution is 9.10. The van der Waals surface area contributed by atoms with Crippen LogP contribution in [0.1, 0.15) is 15.9 Å². The van der Waals surface area contributed by atoms with E-state index in [4.69, 9.17) is 0 Å². The Kier molecular flexibility index (Phi) is 4.11. The summed E-state index contributed by atoms with van der Waals surface area (Å²) in [5, 5.41) is 2.95. The van der Waals surface area contributed by atoms with Gasteiger partial charge in [0.1, 0.15) is 0 Å². The maximum absolute atomic E-state index is 12.3. The molecule has 0 spiro atoms. The Hall–Kier alpha value is -2.33. The summed E-state index contributed by atoms with van der Waals surface area (Å²) in [4.78, 5) is 12.3. The highest BCUT2D eigenvalue weighted by Gasteiger charge is 2.08. The van der Waals surface area contributed by atoms with Crippen molar-refractivity contribution in [2.45, 2.75) is 6.92 Å². The summed E-state index contributed by atoms with van der Waals surface area (Å²) < 4.78 is 2.94. The third-order valence-corrected chi connectivity index (χ3v) is 3.97. The van der Waals surface area contributed by atoms with E-state index in [1.807, 2.05) is 78.5 Å². The van der Waals surface area contributed by atoms with Crippen molar-refractivity contribution in [1.82, 2.24) is 4.57 Å². The molecule has 0 aliphatic heterocycles. The molecule has 1 amide bonds. The van der Waals surface area contributed by atoms with Crippen LogP contribution in [0.2, 0.25) is 0 Å². The van der Waals surface area contributed by atoms with Crippen molar-refractivity contribution < 1.29 is 4.79 Å². The van der Waals surface area contributed by atoms with Crippen LogP contribution < -0.4 is 5.32 Å². The number of carbonyl (C=O) groups excluding carboxylic acids is 1. The Morgan fingerprint density at radius 3 is 2.41 bits per heavy atom. The van der Waals surface area contributed by atoms with E-state index < -0.39 is 0 Å². The van der Waals surface area contributed by atoms with Crippen LogP contribution in [-0.2, 0) is 0 Å². The maximum atomic E-state index is 12.3. The zero-order valence-corrected chi connectivity index (χ0v) is 13.7. The number of carbonyl (C=O) groups is 1. The standard InChI is InChI=1S/C18H15BrN2O/c1-13-4-7-15(19)12-17(13)20-18(22)14-5-8-16(9-6-14)21-10-2-3-11-21/h2-12H,1H3,(H,20,22). The SMILES string of the molecule is Cc1ccc(Br)cc1NC(=O)c1ccc(-n2cccc2)cc1. The fraction of sp³-hybridized carbons (Fsp3) is 0.0556. The lowest BCUT2D eigenvalue weighted by Crippen LogP contribution is -2.12. The van der Waals surface area contributed by atoms with Crippen LogP contribution in [0.3, 0.4) is 0 Å².